The Kier molecular flexibility index (Phi) is 5.38. The molecular weight excluding hydrogens is 324 g/mol. The smallest absolute Gasteiger partial charge is 0.318 e. The van der Waals surface area contributed by atoms with Gasteiger partial charge in [-0.15, -0.1) is 17.9 Å². The van der Waals surface area contributed by atoms with Crippen LogP contribution in [0.3, 0.4) is 0 Å². The van der Waals surface area contributed by atoms with Gasteiger partial charge in [-0.25, -0.2) is 4.79 Å². The Bertz CT molecular complexity index is 687. The van der Waals surface area contributed by atoms with Gasteiger partial charge in [0.2, 0.25) is 0 Å². The van der Waals surface area contributed by atoms with Gasteiger partial charge in [-0.1, -0.05) is 24.3 Å². The number of benzene rings is 1. The van der Waals surface area contributed by atoms with Crippen molar-refractivity contribution in [3.8, 4) is 11.5 Å². The maximum absolute atomic E-state index is 12.4. The van der Waals surface area contributed by atoms with Crippen molar-refractivity contribution >= 4 is 17.4 Å². The highest BCUT2D eigenvalue weighted by molar-refractivity contribution is 7.09. The molecule has 1 aromatic carbocycles. The van der Waals surface area contributed by atoms with E-state index in [1.165, 1.54) is 0 Å². The number of nitrogens with zero attached hydrogens (tertiary/aromatic N) is 1. The van der Waals surface area contributed by atoms with Gasteiger partial charge >= 0.3 is 6.03 Å². The number of thiophene rings is 1. The third-order valence-corrected chi connectivity index (χ3v) is 4.47. The molecule has 0 radical (unpaired) electrons. The van der Waals surface area contributed by atoms with Crippen molar-refractivity contribution in [2.45, 2.75) is 12.6 Å². The summed E-state index contributed by atoms with van der Waals surface area (Å²) in [6.45, 7) is 5.60. The Morgan fingerprint density at radius 1 is 1.33 bits per heavy atom. The molecule has 1 aliphatic rings. The Labute approximate surface area is 145 Å². The van der Waals surface area contributed by atoms with E-state index in [0.29, 0.717) is 32.0 Å². The predicted octanol–water partition coefficient (Wildman–Crippen LogP) is 3.29. The van der Waals surface area contributed by atoms with Crippen LogP contribution in [0.15, 0.2) is 54.4 Å². The van der Waals surface area contributed by atoms with Gasteiger partial charge in [-0.2, -0.15) is 0 Å². The van der Waals surface area contributed by atoms with Crippen LogP contribution in [0.2, 0.25) is 0 Å². The standard InChI is InChI=1S/C18H20N2O3S/c1-2-9-20(12-15-6-5-10-24-15)18(21)19-11-14-13-22-16-7-3-4-8-17(16)23-14/h2-8,10,14H,1,9,11-13H2,(H,19,21)/t14-/m0/s1. The van der Waals surface area contributed by atoms with Crippen molar-refractivity contribution in [2.24, 2.45) is 0 Å². The Hall–Kier alpha value is -2.47. The lowest BCUT2D eigenvalue weighted by Gasteiger charge is -2.28. The van der Waals surface area contributed by atoms with Crippen LogP contribution in [0.4, 0.5) is 4.79 Å². The van der Waals surface area contributed by atoms with Crippen molar-refractivity contribution in [1.82, 2.24) is 10.2 Å². The average molecular weight is 344 g/mol. The molecule has 0 saturated carbocycles. The van der Waals surface area contributed by atoms with E-state index in [1.54, 1.807) is 22.3 Å². The molecule has 1 aliphatic heterocycles. The van der Waals surface area contributed by atoms with Crippen molar-refractivity contribution < 1.29 is 14.3 Å². The zero-order valence-corrected chi connectivity index (χ0v) is 14.1. The number of hydrogen-bond donors (Lipinski definition) is 1. The first-order valence-corrected chi connectivity index (χ1v) is 8.69. The topological polar surface area (TPSA) is 50.8 Å². The fourth-order valence-electron chi connectivity index (χ4n) is 2.44. The summed E-state index contributed by atoms with van der Waals surface area (Å²) in [4.78, 5) is 15.3. The third kappa shape index (κ3) is 4.08. The second-order valence-corrected chi connectivity index (χ2v) is 6.46. The highest BCUT2D eigenvalue weighted by Crippen LogP contribution is 2.30. The quantitative estimate of drug-likeness (QED) is 0.818. The Morgan fingerprint density at radius 2 is 2.17 bits per heavy atom. The molecular formula is C18H20N2O3S. The number of carbonyl (C=O) groups excluding carboxylic acids is 1. The maximum Gasteiger partial charge on any atom is 0.318 e. The largest absolute Gasteiger partial charge is 0.486 e. The maximum atomic E-state index is 12.4. The molecule has 0 bridgehead atoms. The molecule has 126 valence electrons. The summed E-state index contributed by atoms with van der Waals surface area (Å²) in [6.07, 6.45) is 1.53. The van der Waals surface area contributed by atoms with E-state index in [1.807, 2.05) is 41.8 Å². The number of amides is 2. The molecule has 0 aliphatic carbocycles. The lowest BCUT2D eigenvalue weighted by Crippen LogP contribution is -2.46. The zero-order valence-electron chi connectivity index (χ0n) is 13.3. The van der Waals surface area contributed by atoms with Crippen molar-refractivity contribution in [3.63, 3.8) is 0 Å². The van der Waals surface area contributed by atoms with Crippen LogP contribution in [0, 0.1) is 0 Å². The van der Waals surface area contributed by atoms with E-state index < -0.39 is 0 Å². The lowest BCUT2D eigenvalue weighted by atomic mass is 10.2. The van der Waals surface area contributed by atoms with Gasteiger partial charge in [-0.05, 0) is 23.6 Å². The minimum atomic E-state index is -0.198. The SMILES string of the molecule is C=CCN(Cc1cccs1)C(=O)NC[C@H]1COc2ccccc2O1. The second kappa shape index (κ2) is 7.88. The molecule has 1 N–H and O–H groups in total. The average Bonchev–Trinajstić information content (AvgIpc) is 3.12. The number of fused-ring (bicyclic) bond motifs is 1. The minimum absolute atomic E-state index is 0.134. The molecule has 0 spiro atoms. The van der Waals surface area contributed by atoms with Gasteiger partial charge < -0.3 is 19.7 Å². The first kappa shape index (κ1) is 16.4. The van der Waals surface area contributed by atoms with E-state index in [-0.39, 0.29) is 12.1 Å². The molecule has 0 saturated heterocycles. The van der Waals surface area contributed by atoms with E-state index in [2.05, 4.69) is 11.9 Å². The zero-order chi connectivity index (χ0) is 16.8. The Morgan fingerprint density at radius 3 is 2.92 bits per heavy atom. The van der Waals surface area contributed by atoms with E-state index in [4.69, 9.17) is 9.47 Å². The summed E-state index contributed by atoms with van der Waals surface area (Å²) in [7, 11) is 0. The summed E-state index contributed by atoms with van der Waals surface area (Å²) in [5.74, 6) is 1.45. The van der Waals surface area contributed by atoms with Crippen LogP contribution in [0.1, 0.15) is 4.88 Å². The van der Waals surface area contributed by atoms with Gasteiger partial charge in [0.05, 0.1) is 13.1 Å². The molecule has 1 atom stereocenters. The van der Waals surface area contributed by atoms with Gasteiger partial charge in [0.1, 0.15) is 6.61 Å². The lowest BCUT2D eigenvalue weighted by molar-refractivity contribution is 0.0902. The molecule has 0 fully saturated rings. The fraction of sp³-hybridized carbons (Fsp3) is 0.278. The van der Waals surface area contributed by atoms with Gasteiger partial charge in [0.15, 0.2) is 17.6 Å². The van der Waals surface area contributed by atoms with Gasteiger partial charge in [-0.3, -0.25) is 0 Å². The third-order valence-electron chi connectivity index (χ3n) is 3.61. The molecule has 0 unspecified atom stereocenters. The van der Waals surface area contributed by atoms with Crippen LogP contribution >= 0.6 is 11.3 Å². The minimum Gasteiger partial charge on any atom is -0.486 e. The number of nitrogens with one attached hydrogen (secondary N) is 1. The normalized spacial score (nSPS) is 15.6. The van der Waals surface area contributed by atoms with Crippen molar-refractivity contribution in [1.29, 1.82) is 0 Å². The molecule has 2 amide bonds. The van der Waals surface area contributed by atoms with Crippen LogP contribution in [-0.4, -0.2) is 36.7 Å². The highest BCUT2D eigenvalue weighted by Gasteiger charge is 2.22. The Balaban J connectivity index is 1.53. The summed E-state index contributed by atoms with van der Waals surface area (Å²) in [5.41, 5.74) is 0. The van der Waals surface area contributed by atoms with Crippen molar-refractivity contribution in [2.75, 3.05) is 19.7 Å². The van der Waals surface area contributed by atoms with E-state index in [9.17, 15) is 4.79 Å². The van der Waals surface area contributed by atoms with Crippen LogP contribution in [0.5, 0.6) is 11.5 Å². The molecule has 1 aromatic heterocycles. The molecule has 24 heavy (non-hydrogen) atoms. The van der Waals surface area contributed by atoms with Crippen LogP contribution < -0.4 is 14.8 Å². The highest BCUT2D eigenvalue weighted by atomic mass is 32.1. The van der Waals surface area contributed by atoms with Crippen LogP contribution in [0.25, 0.3) is 0 Å². The second-order valence-electron chi connectivity index (χ2n) is 5.43. The fourth-order valence-corrected chi connectivity index (χ4v) is 3.16. The van der Waals surface area contributed by atoms with Crippen LogP contribution in [-0.2, 0) is 6.54 Å². The van der Waals surface area contributed by atoms with E-state index >= 15 is 0 Å². The molecule has 3 rings (SSSR count). The predicted molar refractivity (Wildman–Crippen MR) is 94.7 cm³/mol. The molecule has 5 nitrogen and oxygen atoms in total. The number of urea groups is 1. The molecule has 2 aromatic rings. The molecule has 2 heterocycles. The molecule has 6 heteroatoms. The summed E-state index contributed by atoms with van der Waals surface area (Å²) >= 11 is 1.63. The first-order chi connectivity index (χ1) is 11.8. The van der Waals surface area contributed by atoms with Gasteiger partial charge in [0.25, 0.3) is 0 Å². The summed E-state index contributed by atoms with van der Waals surface area (Å²) < 4.78 is 11.5. The van der Waals surface area contributed by atoms with E-state index in [0.717, 1.165) is 10.6 Å². The van der Waals surface area contributed by atoms with Gasteiger partial charge in [0, 0.05) is 11.4 Å². The summed E-state index contributed by atoms with van der Waals surface area (Å²) in [5, 5.41) is 4.92. The number of hydrogen-bond acceptors (Lipinski definition) is 4. The number of ether oxygens (including phenoxy) is 2. The number of rotatable bonds is 6. The first-order valence-electron chi connectivity index (χ1n) is 7.81. The van der Waals surface area contributed by atoms with Crippen molar-refractivity contribution in [3.05, 3.63) is 59.3 Å². The monoisotopic (exact) mass is 344 g/mol. The number of para-hydroxylation sites is 2. The summed E-state index contributed by atoms with van der Waals surface area (Å²) in [6, 6.07) is 11.4. The number of carbonyl (C=O) groups is 1.